The highest BCUT2D eigenvalue weighted by Gasteiger charge is 2.21. The summed E-state index contributed by atoms with van der Waals surface area (Å²) in [5.41, 5.74) is 6.54. The van der Waals surface area contributed by atoms with Crippen molar-refractivity contribution in [2.45, 2.75) is 25.8 Å². The van der Waals surface area contributed by atoms with E-state index in [1.807, 2.05) is 6.07 Å². The quantitative estimate of drug-likeness (QED) is 0.909. The highest BCUT2D eigenvalue weighted by molar-refractivity contribution is 6.30. The Labute approximate surface area is 131 Å². The molecule has 1 atom stereocenters. The zero-order valence-corrected chi connectivity index (χ0v) is 13.5. The Hall–Kier alpha value is -1.67. The molecule has 1 aliphatic carbocycles. The van der Waals surface area contributed by atoms with Gasteiger partial charge in [-0.1, -0.05) is 23.7 Å². The number of fused-ring (bicyclic) bond motifs is 1. The number of halogens is 1. The van der Waals surface area contributed by atoms with E-state index in [1.54, 1.807) is 0 Å². The molecule has 2 aromatic rings. The van der Waals surface area contributed by atoms with E-state index in [0.717, 1.165) is 17.9 Å². The van der Waals surface area contributed by atoms with Gasteiger partial charge in [0.2, 0.25) is 0 Å². The smallest absolute Gasteiger partial charge is 0.0411 e. The maximum absolute atomic E-state index is 6.08. The molecule has 2 aromatic carbocycles. The van der Waals surface area contributed by atoms with Crippen molar-refractivity contribution >= 4 is 23.0 Å². The monoisotopic (exact) mass is 300 g/mol. The molecule has 0 amide bonds. The van der Waals surface area contributed by atoms with Crippen molar-refractivity contribution in [2.75, 3.05) is 24.3 Å². The number of hydrogen-bond acceptors (Lipinski definition) is 2. The Morgan fingerprint density at radius 3 is 2.57 bits per heavy atom. The molecular formula is C18H21ClN2. The second kappa shape index (κ2) is 5.61. The number of nitrogens with zero attached hydrogens (tertiary/aromatic N) is 1. The molecule has 0 saturated carbocycles. The first-order chi connectivity index (χ1) is 10.0. The lowest BCUT2D eigenvalue weighted by Crippen LogP contribution is -2.20. The molecule has 0 bridgehead atoms. The van der Waals surface area contributed by atoms with E-state index in [2.05, 4.69) is 61.6 Å². The summed E-state index contributed by atoms with van der Waals surface area (Å²) in [6.45, 7) is 2.15. The second-order valence-corrected chi connectivity index (χ2v) is 6.49. The largest absolute Gasteiger partial charge is 0.382 e. The summed E-state index contributed by atoms with van der Waals surface area (Å²) in [6.07, 6.45) is 2.11. The van der Waals surface area contributed by atoms with Crippen molar-refractivity contribution in [3.63, 3.8) is 0 Å². The van der Waals surface area contributed by atoms with Gasteiger partial charge in [-0.2, -0.15) is 0 Å². The van der Waals surface area contributed by atoms with Crippen LogP contribution < -0.4 is 10.2 Å². The summed E-state index contributed by atoms with van der Waals surface area (Å²) in [4.78, 5) is 2.16. The van der Waals surface area contributed by atoms with Crippen LogP contribution in [0.5, 0.6) is 0 Å². The van der Waals surface area contributed by atoms with E-state index in [-0.39, 0.29) is 0 Å². The molecule has 3 heteroatoms. The number of anilines is 2. The third kappa shape index (κ3) is 3.01. The Morgan fingerprint density at radius 2 is 1.81 bits per heavy atom. The Kier molecular flexibility index (Phi) is 3.81. The van der Waals surface area contributed by atoms with E-state index in [4.69, 9.17) is 11.6 Å². The van der Waals surface area contributed by atoms with Crippen LogP contribution in [0.1, 0.15) is 16.7 Å². The molecule has 1 aliphatic rings. The van der Waals surface area contributed by atoms with E-state index < -0.39 is 0 Å². The van der Waals surface area contributed by atoms with Gasteiger partial charge in [-0.3, -0.25) is 0 Å². The van der Waals surface area contributed by atoms with Gasteiger partial charge in [0.1, 0.15) is 0 Å². The van der Waals surface area contributed by atoms with Crippen LogP contribution in [0.4, 0.5) is 11.4 Å². The normalized spacial score (nSPS) is 16.7. The molecular weight excluding hydrogens is 280 g/mol. The number of hydrogen-bond donors (Lipinski definition) is 1. The molecule has 0 radical (unpaired) electrons. The van der Waals surface area contributed by atoms with Crippen molar-refractivity contribution in [1.82, 2.24) is 0 Å². The van der Waals surface area contributed by atoms with Gasteiger partial charge in [0, 0.05) is 36.5 Å². The van der Waals surface area contributed by atoms with Gasteiger partial charge in [-0.05, 0) is 60.7 Å². The topological polar surface area (TPSA) is 15.3 Å². The lowest BCUT2D eigenvalue weighted by Gasteiger charge is -2.19. The number of aryl methyl sites for hydroxylation is 1. The van der Waals surface area contributed by atoms with Crippen LogP contribution >= 0.6 is 11.6 Å². The predicted molar refractivity (Wildman–Crippen MR) is 91.8 cm³/mol. The fourth-order valence-corrected chi connectivity index (χ4v) is 3.30. The van der Waals surface area contributed by atoms with Crippen molar-refractivity contribution in [1.29, 1.82) is 0 Å². The van der Waals surface area contributed by atoms with E-state index in [1.165, 1.54) is 28.1 Å². The molecule has 0 aromatic heterocycles. The SMILES string of the molecule is Cc1ccc(NC2Cc3ccc(Cl)cc3C2)cc1N(C)C. The Morgan fingerprint density at radius 1 is 1.05 bits per heavy atom. The number of benzene rings is 2. The van der Waals surface area contributed by atoms with Gasteiger partial charge < -0.3 is 10.2 Å². The molecule has 0 aliphatic heterocycles. The molecule has 0 heterocycles. The summed E-state index contributed by atoms with van der Waals surface area (Å²) in [7, 11) is 4.17. The molecule has 110 valence electrons. The number of rotatable bonds is 3. The highest BCUT2D eigenvalue weighted by atomic mass is 35.5. The van der Waals surface area contributed by atoms with Crippen LogP contribution in [-0.4, -0.2) is 20.1 Å². The minimum Gasteiger partial charge on any atom is -0.382 e. The van der Waals surface area contributed by atoms with Crippen molar-refractivity contribution in [3.8, 4) is 0 Å². The van der Waals surface area contributed by atoms with Crippen LogP contribution in [0.25, 0.3) is 0 Å². The van der Waals surface area contributed by atoms with Gasteiger partial charge in [-0.25, -0.2) is 0 Å². The van der Waals surface area contributed by atoms with Gasteiger partial charge >= 0.3 is 0 Å². The predicted octanol–water partition coefficient (Wildman–Crippen LogP) is 4.29. The van der Waals surface area contributed by atoms with E-state index in [9.17, 15) is 0 Å². The zero-order valence-electron chi connectivity index (χ0n) is 12.8. The molecule has 21 heavy (non-hydrogen) atoms. The third-order valence-electron chi connectivity index (χ3n) is 4.16. The Bertz CT molecular complexity index is 664. The van der Waals surface area contributed by atoms with E-state index in [0.29, 0.717) is 6.04 Å². The molecule has 2 nitrogen and oxygen atoms in total. The van der Waals surface area contributed by atoms with Crippen LogP contribution in [0.3, 0.4) is 0 Å². The maximum Gasteiger partial charge on any atom is 0.0411 e. The first-order valence-corrected chi connectivity index (χ1v) is 7.72. The molecule has 0 fully saturated rings. The minimum atomic E-state index is 0.455. The maximum atomic E-state index is 6.08. The molecule has 0 saturated heterocycles. The van der Waals surface area contributed by atoms with Gasteiger partial charge in [0.15, 0.2) is 0 Å². The van der Waals surface area contributed by atoms with Crippen molar-refractivity contribution < 1.29 is 0 Å². The minimum absolute atomic E-state index is 0.455. The third-order valence-corrected chi connectivity index (χ3v) is 4.40. The lowest BCUT2D eigenvalue weighted by atomic mass is 10.1. The number of nitrogens with one attached hydrogen (secondary N) is 1. The van der Waals surface area contributed by atoms with Crippen LogP contribution in [-0.2, 0) is 12.8 Å². The molecule has 1 N–H and O–H groups in total. The Balaban J connectivity index is 1.76. The average molecular weight is 301 g/mol. The van der Waals surface area contributed by atoms with E-state index >= 15 is 0 Å². The van der Waals surface area contributed by atoms with Gasteiger partial charge in [0.25, 0.3) is 0 Å². The highest BCUT2D eigenvalue weighted by Crippen LogP contribution is 2.29. The van der Waals surface area contributed by atoms with Crippen molar-refractivity contribution in [3.05, 3.63) is 58.1 Å². The summed E-state index contributed by atoms with van der Waals surface area (Å²) >= 11 is 6.08. The van der Waals surface area contributed by atoms with Gasteiger partial charge in [-0.15, -0.1) is 0 Å². The van der Waals surface area contributed by atoms with Crippen LogP contribution in [0.2, 0.25) is 5.02 Å². The molecule has 3 rings (SSSR count). The first-order valence-electron chi connectivity index (χ1n) is 7.35. The summed E-state index contributed by atoms with van der Waals surface area (Å²) in [5.74, 6) is 0. The van der Waals surface area contributed by atoms with Gasteiger partial charge in [0.05, 0.1) is 0 Å². The zero-order chi connectivity index (χ0) is 15.0. The first kappa shape index (κ1) is 14.3. The molecule has 0 spiro atoms. The second-order valence-electron chi connectivity index (χ2n) is 6.06. The summed E-state index contributed by atoms with van der Waals surface area (Å²) in [6, 6.07) is 13.3. The molecule has 1 unspecified atom stereocenters. The van der Waals surface area contributed by atoms with Crippen LogP contribution in [0, 0.1) is 6.92 Å². The fourth-order valence-electron chi connectivity index (χ4n) is 3.11. The van der Waals surface area contributed by atoms with Crippen LogP contribution in [0.15, 0.2) is 36.4 Å². The average Bonchev–Trinajstić information content (AvgIpc) is 2.82. The summed E-state index contributed by atoms with van der Waals surface area (Å²) < 4.78 is 0. The summed E-state index contributed by atoms with van der Waals surface area (Å²) in [5, 5.41) is 4.49. The lowest BCUT2D eigenvalue weighted by molar-refractivity contribution is 0.774. The standard InChI is InChI=1S/C18H21ClN2/c1-12-4-7-16(11-18(12)21(2)3)20-17-9-13-5-6-15(19)8-14(13)10-17/h4-8,11,17,20H,9-10H2,1-3H3. The fraction of sp³-hybridized carbons (Fsp3) is 0.333. The van der Waals surface area contributed by atoms with Crippen molar-refractivity contribution in [2.24, 2.45) is 0 Å².